The summed E-state index contributed by atoms with van der Waals surface area (Å²) < 4.78 is 26.7. The van der Waals surface area contributed by atoms with Gasteiger partial charge in [-0.15, -0.1) is 0 Å². The van der Waals surface area contributed by atoms with E-state index in [1.165, 1.54) is 0 Å². The highest BCUT2D eigenvalue weighted by molar-refractivity contribution is 4.39. The zero-order valence-electron chi connectivity index (χ0n) is 12.9. The second kappa shape index (κ2) is 14.2. The first-order valence-electron chi connectivity index (χ1n) is 7.09. The molecule has 0 aliphatic heterocycles. The summed E-state index contributed by atoms with van der Waals surface area (Å²) in [7, 11) is 0. The fourth-order valence-electron chi connectivity index (χ4n) is 1.23. The summed E-state index contributed by atoms with van der Waals surface area (Å²) in [4.78, 5) is 0. The van der Waals surface area contributed by atoms with E-state index in [1.807, 2.05) is 27.7 Å². The summed E-state index contributed by atoms with van der Waals surface area (Å²) in [6, 6.07) is 0. The number of ether oxygens (including phenoxy) is 5. The highest BCUT2D eigenvalue weighted by atomic mass is 16.6. The Morgan fingerprint density at radius 3 is 1.00 bits per heavy atom. The molecule has 5 nitrogen and oxygen atoms in total. The third-order valence-electron chi connectivity index (χ3n) is 2.10. The molecule has 19 heavy (non-hydrogen) atoms. The van der Waals surface area contributed by atoms with Crippen molar-refractivity contribution in [3.8, 4) is 0 Å². The van der Waals surface area contributed by atoms with Gasteiger partial charge in [-0.25, -0.2) is 0 Å². The van der Waals surface area contributed by atoms with Gasteiger partial charge in [-0.05, 0) is 27.7 Å². The van der Waals surface area contributed by atoms with Gasteiger partial charge in [0, 0.05) is 0 Å². The highest BCUT2D eigenvalue weighted by Gasteiger charge is 1.95. The van der Waals surface area contributed by atoms with Crippen LogP contribution in [0.1, 0.15) is 27.7 Å². The van der Waals surface area contributed by atoms with Gasteiger partial charge in [0.05, 0.1) is 65.1 Å². The lowest BCUT2D eigenvalue weighted by molar-refractivity contribution is -0.0220. The van der Waals surface area contributed by atoms with Crippen LogP contribution in [0.5, 0.6) is 0 Å². The topological polar surface area (TPSA) is 46.2 Å². The molecule has 0 aromatic heterocycles. The lowest BCUT2D eigenvalue weighted by Gasteiger charge is -2.09. The minimum atomic E-state index is 0.261. The maximum atomic E-state index is 5.36. The van der Waals surface area contributed by atoms with E-state index >= 15 is 0 Å². The van der Waals surface area contributed by atoms with Crippen LogP contribution in [0, 0.1) is 0 Å². The zero-order valence-corrected chi connectivity index (χ0v) is 12.9. The normalized spacial score (nSPS) is 11.7. The summed E-state index contributed by atoms with van der Waals surface area (Å²) in [5.74, 6) is 0. The number of hydrogen-bond donors (Lipinski definition) is 0. The van der Waals surface area contributed by atoms with Gasteiger partial charge < -0.3 is 23.7 Å². The Labute approximate surface area is 117 Å². The third-order valence-corrected chi connectivity index (χ3v) is 2.10. The largest absolute Gasteiger partial charge is 0.377 e. The van der Waals surface area contributed by atoms with E-state index in [4.69, 9.17) is 23.7 Å². The zero-order chi connectivity index (χ0) is 14.3. The van der Waals surface area contributed by atoms with Gasteiger partial charge in [0.25, 0.3) is 0 Å². The van der Waals surface area contributed by atoms with Crippen molar-refractivity contribution in [1.82, 2.24) is 0 Å². The predicted octanol–water partition coefficient (Wildman–Crippen LogP) is 1.89. The van der Waals surface area contributed by atoms with E-state index in [-0.39, 0.29) is 12.2 Å². The Kier molecular flexibility index (Phi) is 14.1. The molecule has 0 aromatic rings. The average molecular weight is 278 g/mol. The first-order valence-corrected chi connectivity index (χ1v) is 7.09. The Hall–Kier alpha value is -0.200. The van der Waals surface area contributed by atoms with Gasteiger partial charge in [-0.3, -0.25) is 0 Å². The molecule has 0 atom stereocenters. The predicted molar refractivity (Wildman–Crippen MR) is 74.6 cm³/mol. The standard InChI is InChI=1S/C14H30O5/c1-13(2)18-11-9-16-7-5-15-6-8-17-10-12-19-14(3)4/h13-14H,5-12H2,1-4H3. The van der Waals surface area contributed by atoms with E-state index in [1.54, 1.807) is 0 Å². The van der Waals surface area contributed by atoms with Crippen molar-refractivity contribution in [2.75, 3.05) is 52.9 Å². The molecule has 0 radical (unpaired) electrons. The molecule has 0 fully saturated rings. The van der Waals surface area contributed by atoms with Crippen molar-refractivity contribution in [3.63, 3.8) is 0 Å². The molecule has 0 aromatic carbocycles. The van der Waals surface area contributed by atoms with Gasteiger partial charge in [0.2, 0.25) is 0 Å². The highest BCUT2D eigenvalue weighted by Crippen LogP contribution is 1.89. The Morgan fingerprint density at radius 1 is 0.474 bits per heavy atom. The van der Waals surface area contributed by atoms with Crippen LogP contribution in [0.25, 0.3) is 0 Å². The Bertz CT molecular complexity index is 155. The number of rotatable bonds is 14. The summed E-state index contributed by atoms with van der Waals surface area (Å²) in [5, 5.41) is 0. The van der Waals surface area contributed by atoms with Crippen LogP contribution in [0.3, 0.4) is 0 Å². The molecule has 0 saturated carbocycles. The molecule has 0 N–H and O–H groups in total. The molecule has 0 aliphatic rings. The SMILES string of the molecule is CC(C)OCCOCCOCCOCCOC(C)C. The van der Waals surface area contributed by atoms with Gasteiger partial charge in [-0.2, -0.15) is 0 Å². The monoisotopic (exact) mass is 278 g/mol. The van der Waals surface area contributed by atoms with E-state index in [0.29, 0.717) is 52.9 Å². The molecular formula is C14H30O5. The quantitative estimate of drug-likeness (QED) is 0.454. The Morgan fingerprint density at radius 2 is 0.737 bits per heavy atom. The fourth-order valence-corrected chi connectivity index (χ4v) is 1.23. The lowest BCUT2D eigenvalue weighted by atomic mass is 10.5. The van der Waals surface area contributed by atoms with Gasteiger partial charge in [0.15, 0.2) is 0 Å². The van der Waals surface area contributed by atoms with Crippen molar-refractivity contribution in [2.24, 2.45) is 0 Å². The minimum absolute atomic E-state index is 0.261. The van der Waals surface area contributed by atoms with E-state index in [9.17, 15) is 0 Å². The molecule has 5 heteroatoms. The molecule has 0 bridgehead atoms. The molecule has 0 aliphatic carbocycles. The third kappa shape index (κ3) is 17.8. The van der Waals surface area contributed by atoms with Gasteiger partial charge >= 0.3 is 0 Å². The molecule has 0 saturated heterocycles. The van der Waals surface area contributed by atoms with Gasteiger partial charge in [-0.1, -0.05) is 0 Å². The second-order valence-corrected chi connectivity index (χ2v) is 4.68. The molecule has 0 heterocycles. The van der Waals surface area contributed by atoms with E-state index in [0.717, 1.165) is 0 Å². The molecular weight excluding hydrogens is 248 g/mol. The number of hydrogen-bond acceptors (Lipinski definition) is 5. The van der Waals surface area contributed by atoms with Crippen LogP contribution in [-0.2, 0) is 23.7 Å². The van der Waals surface area contributed by atoms with Crippen molar-refractivity contribution < 1.29 is 23.7 Å². The summed E-state index contributed by atoms with van der Waals surface area (Å²) in [6.45, 7) is 12.9. The second-order valence-electron chi connectivity index (χ2n) is 4.68. The minimum Gasteiger partial charge on any atom is -0.377 e. The van der Waals surface area contributed by atoms with Crippen molar-refractivity contribution >= 4 is 0 Å². The van der Waals surface area contributed by atoms with Crippen molar-refractivity contribution in [3.05, 3.63) is 0 Å². The first-order chi connectivity index (χ1) is 9.13. The van der Waals surface area contributed by atoms with Crippen LogP contribution in [0.2, 0.25) is 0 Å². The lowest BCUT2D eigenvalue weighted by Crippen LogP contribution is -2.15. The summed E-state index contributed by atoms with van der Waals surface area (Å²) in [6.07, 6.45) is 0.522. The van der Waals surface area contributed by atoms with Crippen LogP contribution in [0.4, 0.5) is 0 Å². The Balaban J connectivity index is 2.95. The summed E-state index contributed by atoms with van der Waals surface area (Å²) in [5.41, 5.74) is 0. The molecule has 0 spiro atoms. The maximum absolute atomic E-state index is 5.36. The van der Waals surface area contributed by atoms with Gasteiger partial charge in [0.1, 0.15) is 0 Å². The fraction of sp³-hybridized carbons (Fsp3) is 1.00. The van der Waals surface area contributed by atoms with Crippen molar-refractivity contribution in [2.45, 2.75) is 39.9 Å². The van der Waals surface area contributed by atoms with Crippen LogP contribution in [-0.4, -0.2) is 65.1 Å². The molecule has 0 amide bonds. The summed E-state index contributed by atoms with van der Waals surface area (Å²) >= 11 is 0. The molecule has 0 unspecified atom stereocenters. The molecule has 0 rings (SSSR count). The van der Waals surface area contributed by atoms with Crippen molar-refractivity contribution in [1.29, 1.82) is 0 Å². The van der Waals surface area contributed by atoms with Crippen LogP contribution in [0.15, 0.2) is 0 Å². The first kappa shape index (κ1) is 18.8. The molecule has 116 valence electrons. The van der Waals surface area contributed by atoms with Crippen LogP contribution >= 0.6 is 0 Å². The smallest absolute Gasteiger partial charge is 0.0703 e. The average Bonchev–Trinajstić information content (AvgIpc) is 2.34. The van der Waals surface area contributed by atoms with Crippen LogP contribution < -0.4 is 0 Å². The maximum Gasteiger partial charge on any atom is 0.0703 e. The van der Waals surface area contributed by atoms with E-state index < -0.39 is 0 Å². The van der Waals surface area contributed by atoms with E-state index in [2.05, 4.69) is 0 Å².